The molecule has 0 aliphatic carbocycles. The molecule has 0 heterocycles. The van der Waals surface area contributed by atoms with E-state index in [0.29, 0.717) is 6.61 Å². The van der Waals surface area contributed by atoms with Crippen molar-refractivity contribution >= 4 is 7.82 Å². The van der Waals surface area contributed by atoms with Crippen LogP contribution in [0.3, 0.4) is 0 Å². The quantitative estimate of drug-likeness (QED) is 0.0491. The molecule has 6 heteroatoms. The average Bonchev–Trinajstić information content (AvgIpc) is 2.92. The van der Waals surface area contributed by atoms with Gasteiger partial charge in [-0.1, -0.05) is 156 Å². The predicted octanol–water partition coefficient (Wildman–Crippen LogP) is 11.6. The standard InChI is InChI=1S/C33H70NO4P/c1-5-9-13-16-19-21-23-26-30-34(31-27-24-22-20-17-14-10-6-2)33(29-12-8-4)38-39(35,36)37-32-28-25-18-15-11-7-3/h33H,5-32H2,1-4H3,(H,35,36). The Hall–Kier alpha value is 0.0700. The summed E-state index contributed by atoms with van der Waals surface area (Å²) < 4.78 is 24.3. The molecule has 5 nitrogen and oxygen atoms in total. The third-order valence-electron chi connectivity index (χ3n) is 7.82. The van der Waals surface area contributed by atoms with Crippen molar-refractivity contribution in [1.82, 2.24) is 4.90 Å². The first-order valence-electron chi connectivity index (χ1n) is 17.4. The maximum Gasteiger partial charge on any atom is 0.473 e. The highest BCUT2D eigenvalue weighted by Crippen LogP contribution is 2.46. The minimum Gasteiger partial charge on any atom is -0.302 e. The van der Waals surface area contributed by atoms with E-state index in [-0.39, 0.29) is 6.23 Å². The van der Waals surface area contributed by atoms with Crippen molar-refractivity contribution in [3.63, 3.8) is 0 Å². The van der Waals surface area contributed by atoms with Gasteiger partial charge in [0.05, 0.1) is 6.61 Å². The molecule has 0 fully saturated rings. The number of phosphoric acid groups is 1. The third kappa shape index (κ3) is 26.7. The molecule has 0 bridgehead atoms. The van der Waals surface area contributed by atoms with Crippen LogP contribution in [0.2, 0.25) is 0 Å². The lowest BCUT2D eigenvalue weighted by Gasteiger charge is -2.32. The third-order valence-corrected chi connectivity index (χ3v) is 8.84. The predicted molar refractivity (Wildman–Crippen MR) is 170 cm³/mol. The number of hydrogen-bond acceptors (Lipinski definition) is 4. The SMILES string of the molecule is CCCCCCCCCCN(CCCCCCCCCC)C(CCCC)OP(=O)(O)OCCCCCCCC. The maximum atomic E-state index is 12.9. The van der Waals surface area contributed by atoms with Gasteiger partial charge in [-0.25, -0.2) is 4.57 Å². The molecule has 0 spiro atoms. The van der Waals surface area contributed by atoms with Crippen molar-refractivity contribution in [2.24, 2.45) is 0 Å². The summed E-state index contributed by atoms with van der Waals surface area (Å²) in [6.45, 7) is 11.1. The maximum absolute atomic E-state index is 12.9. The first kappa shape index (κ1) is 39.1. The fraction of sp³-hybridized carbons (Fsp3) is 1.00. The summed E-state index contributed by atoms with van der Waals surface area (Å²) in [5.41, 5.74) is 0. The van der Waals surface area contributed by atoms with Crippen molar-refractivity contribution < 1.29 is 18.5 Å². The summed E-state index contributed by atoms with van der Waals surface area (Å²) in [5, 5.41) is 0. The molecule has 0 aromatic heterocycles. The zero-order valence-electron chi connectivity index (χ0n) is 26.9. The van der Waals surface area contributed by atoms with Crippen LogP contribution in [-0.2, 0) is 13.6 Å². The lowest BCUT2D eigenvalue weighted by Crippen LogP contribution is -2.38. The number of unbranched alkanes of at least 4 members (excludes halogenated alkanes) is 20. The van der Waals surface area contributed by atoms with Crippen LogP contribution in [-0.4, -0.2) is 35.7 Å². The second-order valence-electron chi connectivity index (χ2n) is 11.8. The molecule has 0 saturated heterocycles. The molecule has 236 valence electrons. The molecule has 0 saturated carbocycles. The van der Waals surface area contributed by atoms with Gasteiger partial charge < -0.3 is 4.89 Å². The number of nitrogens with zero attached hydrogens (tertiary/aromatic N) is 1. The fourth-order valence-electron chi connectivity index (χ4n) is 5.22. The number of rotatable bonds is 32. The summed E-state index contributed by atoms with van der Waals surface area (Å²) in [7, 11) is -4.07. The molecule has 0 rings (SSSR count). The molecular weight excluding hydrogens is 505 g/mol. The largest absolute Gasteiger partial charge is 0.473 e. The summed E-state index contributed by atoms with van der Waals surface area (Å²) in [5.74, 6) is 0. The normalized spacial score (nSPS) is 14.2. The highest BCUT2D eigenvalue weighted by atomic mass is 31.2. The van der Waals surface area contributed by atoms with Crippen LogP contribution >= 0.6 is 7.82 Å². The molecule has 0 aromatic rings. The first-order valence-corrected chi connectivity index (χ1v) is 18.9. The van der Waals surface area contributed by atoms with Crippen LogP contribution in [0.5, 0.6) is 0 Å². The Morgan fingerprint density at radius 3 is 1.31 bits per heavy atom. The molecule has 0 aliphatic rings. The van der Waals surface area contributed by atoms with Gasteiger partial charge in [-0.2, -0.15) is 0 Å². The number of hydrogen-bond donors (Lipinski definition) is 1. The molecule has 2 unspecified atom stereocenters. The van der Waals surface area contributed by atoms with Crippen molar-refractivity contribution in [2.75, 3.05) is 19.7 Å². The van der Waals surface area contributed by atoms with Crippen LogP contribution in [0.4, 0.5) is 0 Å². The van der Waals surface area contributed by atoms with E-state index in [1.165, 1.54) is 109 Å². The zero-order valence-corrected chi connectivity index (χ0v) is 27.8. The Bertz CT molecular complexity index is 514. The average molecular weight is 576 g/mol. The Labute approximate surface area is 245 Å². The summed E-state index contributed by atoms with van der Waals surface area (Å²) in [6, 6.07) is 0. The van der Waals surface area contributed by atoms with Crippen LogP contribution < -0.4 is 0 Å². The first-order chi connectivity index (χ1) is 19.0. The van der Waals surface area contributed by atoms with Crippen molar-refractivity contribution in [1.29, 1.82) is 0 Å². The van der Waals surface area contributed by atoms with E-state index in [4.69, 9.17) is 9.05 Å². The van der Waals surface area contributed by atoms with Gasteiger partial charge in [-0.05, 0) is 32.1 Å². The minimum atomic E-state index is -4.07. The minimum absolute atomic E-state index is 0.302. The molecule has 0 aromatic carbocycles. The molecule has 39 heavy (non-hydrogen) atoms. The molecule has 2 atom stereocenters. The second-order valence-corrected chi connectivity index (χ2v) is 13.2. The van der Waals surface area contributed by atoms with Gasteiger partial charge in [0.15, 0.2) is 0 Å². The topological polar surface area (TPSA) is 59.0 Å². The Morgan fingerprint density at radius 1 is 0.538 bits per heavy atom. The van der Waals surface area contributed by atoms with Gasteiger partial charge in [0, 0.05) is 13.1 Å². The molecule has 0 radical (unpaired) electrons. The zero-order chi connectivity index (χ0) is 28.9. The van der Waals surface area contributed by atoms with Crippen LogP contribution in [0.1, 0.15) is 188 Å². The van der Waals surface area contributed by atoms with E-state index in [1.54, 1.807) is 0 Å². The van der Waals surface area contributed by atoms with Gasteiger partial charge in [0.1, 0.15) is 6.23 Å². The van der Waals surface area contributed by atoms with Gasteiger partial charge in [-0.3, -0.25) is 13.9 Å². The van der Waals surface area contributed by atoms with Gasteiger partial charge in [0.25, 0.3) is 0 Å². The lowest BCUT2D eigenvalue weighted by molar-refractivity contribution is -0.0133. The van der Waals surface area contributed by atoms with Gasteiger partial charge in [-0.15, -0.1) is 0 Å². The van der Waals surface area contributed by atoms with E-state index in [9.17, 15) is 9.46 Å². The highest BCUT2D eigenvalue weighted by Gasteiger charge is 2.29. The van der Waals surface area contributed by atoms with E-state index in [1.807, 2.05) is 0 Å². The van der Waals surface area contributed by atoms with Gasteiger partial charge in [0.2, 0.25) is 0 Å². The van der Waals surface area contributed by atoms with E-state index in [2.05, 4.69) is 32.6 Å². The fourth-order valence-corrected chi connectivity index (χ4v) is 6.19. The summed E-state index contributed by atoms with van der Waals surface area (Å²) in [4.78, 5) is 12.9. The van der Waals surface area contributed by atoms with Crippen molar-refractivity contribution in [3.8, 4) is 0 Å². The van der Waals surface area contributed by atoms with Gasteiger partial charge >= 0.3 is 7.82 Å². The Morgan fingerprint density at radius 2 is 0.897 bits per heavy atom. The molecule has 0 aliphatic heterocycles. The van der Waals surface area contributed by atoms with Crippen LogP contribution in [0, 0.1) is 0 Å². The summed E-state index contributed by atoms with van der Waals surface area (Å²) in [6.07, 6.45) is 29.9. The van der Waals surface area contributed by atoms with Crippen molar-refractivity contribution in [2.45, 2.75) is 194 Å². The van der Waals surface area contributed by atoms with E-state index < -0.39 is 7.82 Å². The van der Waals surface area contributed by atoms with E-state index >= 15 is 0 Å². The molecular formula is C33H70NO4P. The molecule has 1 N–H and O–H groups in total. The van der Waals surface area contributed by atoms with Crippen LogP contribution in [0.15, 0.2) is 0 Å². The van der Waals surface area contributed by atoms with Crippen molar-refractivity contribution in [3.05, 3.63) is 0 Å². The molecule has 0 amide bonds. The van der Waals surface area contributed by atoms with Crippen LogP contribution in [0.25, 0.3) is 0 Å². The second kappa shape index (κ2) is 29.6. The Balaban J connectivity index is 4.80. The monoisotopic (exact) mass is 576 g/mol. The summed E-state index contributed by atoms with van der Waals surface area (Å²) >= 11 is 0. The Kier molecular flexibility index (Phi) is 29.6. The smallest absolute Gasteiger partial charge is 0.302 e. The number of phosphoric ester groups is 1. The lowest BCUT2D eigenvalue weighted by atomic mass is 10.1. The van der Waals surface area contributed by atoms with E-state index in [0.717, 1.165) is 64.5 Å². The highest BCUT2D eigenvalue weighted by molar-refractivity contribution is 7.47.